The van der Waals surface area contributed by atoms with E-state index in [0.717, 1.165) is 16.8 Å². The number of rotatable bonds is 5. The number of aryl methyl sites for hydroxylation is 2. The van der Waals surface area contributed by atoms with E-state index >= 15 is 0 Å². The van der Waals surface area contributed by atoms with Gasteiger partial charge in [-0.25, -0.2) is 15.0 Å². The van der Waals surface area contributed by atoms with Gasteiger partial charge in [0.2, 0.25) is 11.9 Å². The summed E-state index contributed by atoms with van der Waals surface area (Å²) in [5, 5.41) is 8.44. The molecule has 3 aromatic rings. The maximum Gasteiger partial charge on any atom is 0.230 e. The van der Waals surface area contributed by atoms with Crippen LogP contribution in [0, 0.1) is 13.8 Å². The summed E-state index contributed by atoms with van der Waals surface area (Å²) in [5.74, 6) is 0.394. The smallest absolute Gasteiger partial charge is 0.230 e. The first-order valence-corrected chi connectivity index (χ1v) is 8.33. The normalized spacial score (nSPS) is 10.4. The molecule has 0 unspecified atom stereocenters. The zero-order chi connectivity index (χ0) is 16.9. The highest BCUT2D eigenvalue weighted by atomic mass is 32.1. The molecule has 7 heteroatoms. The molecule has 2 N–H and O–H groups in total. The zero-order valence-corrected chi connectivity index (χ0v) is 14.2. The van der Waals surface area contributed by atoms with Gasteiger partial charge < -0.3 is 10.6 Å². The van der Waals surface area contributed by atoms with Crippen LogP contribution in [0.15, 0.2) is 42.0 Å². The average Bonchev–Trinajstić information content (AvgIpc) is 2.94. The summed E-state index contributed by atoms with van der Waals surface area (Å²) >= 11 is 1.42. The summed E-state index contributed by atoms with van der Waals surface area (Å²) in [6, 6.07) is 7.72. The Morgan fingerprint density at radius 1 is 1.12 bits per heavy atom. The number of anilines is 3. The number of thiazole rings is 1. The molecular weight excluding hydrogens is 322 g/mol. The number of hydrogen-bond donors (Lipinski definition) is 2. The predicted octanol–water partition coefficient (Wildman–Crippen LogP) is 3.47. The van der Waals surface area contributed by atoms with Crippen molar-refractivity contribution in [3.8, 4) is 0 Å². The van der Waals surface area contributed by atoms with Crippen molar-refractivity contribution in [3.05, 3.63) is 58.9 Å². The number of carbonyl (C=O) groups is 1. The lowest BCUT2D eigenvalue weighted by molar-refractivity contribution is -0.115. The minimum Gasteiger partial charge on any atom is -0.326 e. The maximum absolute atomic E-state index is 12.2. The Morgan fingerprint density at radius 2 is 1.83 bits per heavy atom. The standard InChI is InChI=1S/C17H17N5OS/c1-11-6-12(2)8-13(7-11)20-15(23)9-14-10-24-17(21-14)22-16-18-4-3-5-19-16/h3-8,10H,9H2,1-2H3,(H,20,23)(H,18,19,21,22). The second kappa shape index (κ2) is 7.18. The summed E-state index contributed by atoms with van der Waals surface area (Å²) in [7, 11) is 0. The van der Waals surface area contributed by atoms with Gasteiger partial charge in [0.1, 0.15) is 0 Å². The van der Waals surface area contributed by atoms with Gasteiger partial charge in [-0.1, -0.05) is 6.07 Å². The van der Waals surface area contributed by atoms with Crippen LogP contribution in [0.4, 0.5) is 16.8 Å². The number of nitrogens with one attached hydrogen (secondary N) is 2. The molecule has 2 heterocycles. The number of hydrogen-bond acceptors (Lipinski definition) is 6. The van der Waals surface area contributed by atoms with Crippen molar-refractivity contribution in [2.45, 2.75) is 20.3 Å². The van der Waals surface area contributed by atoms with E-state index in [1.54, 1.807) is 18.5 Å². The molecule has 1 aromatic carbocycles. The van der Waals surface area contributed by atoms with Crippen LogP contribution in [0.1, 0.15) is 16.8 Å². The molecule has 6 nitrogen and oxygen atoms in total. The molecule has 24 heavy (non-hydrogen) atoms. The third-order valence-corrected chi connectivity index (χ3v) is 3.99. The topological polar surface area (TPSA) is 79.8 Å². The number of benzene rings is 1. The molecule has 0 saturated heterocycles. The highest BCUT2D eigenvalue weighted by Crippen LogP contribution is 2.19. The maximum atomic E-state index is 12.2. The quantitative estimate of drug-likeness (QED) is 0.744. The van der Waals surface area contributed by atoms with E-state index in [2.05, 4.69) is 31.7 Å². The molecule has 0 saturated carbocycles. The van der Waals surface area contributed by atoms with Gasteiger partial charge in [-0.15, -0.1) is 11.3 Å². The molecule has 2 aromatic heterocycles. The first-order valence-electron chi connectivity index (χ1n) is 7.45. The van der Waals surface area contributed by atoms with E-state index in [1.807, 2.05) is 31.4 Å². The van der Waals surface area contributed by atoms with Gasteiger partial charge in [-0.2, -0.15) is 0 Å². The molecule has 0 bridgehead atoms. The Bertz CT molecular complexity index is 827. The van der Waals surface area contributed by atoms with Crippen LogP contribution >= 0.6 is 11.3 Å². The summed E-state index contributed by atoms with van der Waals surface area (Å²) < 4.78 is 0. The molecule has 122 valence electrons. The molecular formula is C17H17N5OS. The van der Waals surface area contributed by atoms with Crippen molar-refractivity contribution in [1.82, 2.24) is 15.0 Å². The first-order chi connectivity index (χ1) is 11.6. The zero-order valence-electron chi connectivity index (χ0n) is 13.4. The summed E-state index contributed by atoms with van der Waals surface area (Å²) in [4.78, 5) is 24.7. The van der Waals surface area contributed by atoms with E-state index in [-0.39, 0.29) is 12.3 Å². The van der Waals surface area contributed by atoms with Crippen LogP contribution in [0.2, 0.25) is 0 Å². The van der Waals surface area contributed by atoms with Gasteiger partial charge in [-0.05, 0) is 43.2 Å². The van der Waals surface area contributed by atoms with Crippen LogP contribution in [0.5, 0.6) is 0 Å². The molecule has 0 aliphatic heterocycles. The van der Waals surface area contributed by atoms with E-state index in [1.165, 1.54) is 11.3 Å². The van der Waals surface area contributed by atoms with Crippen molar-refractivity contribution in [2.75, 3.05) is 10.6 Å². The molecule has 0 aliphatic carbocycles. The molecule has 3 rings (SSSR count). The summed E-state index contributed by atoms with van der Waals surface area (Å²) in [5.41, 5.74) is 3.76. The fraction of sp³-hybridized carbons (Fsp3) is 0.176. The lowest BCUT2D eigenvalue weighted by Gasteiger charge is -2.06. The van der Waals surface area contributed by atoms with E-state index < -0.39 is 0 Å². The number of aromatic nitrogens is 3. The van der Waals surface area contributed by atoms with Crippen molar-refractivity contribution in [2.24, 2.45) is 0 Å². The Hall–Kier alpha value is -2.80. The highest BCUT2D eigenvalue weighted by molar-refractivity contribution is 7.13. The largest absolute Gasteiger partial charge is 0.326 e. The van der Waals surface area contributed by atoms with Crippen LogP contribution in [0.25, 0.3) is 0 Å². The monoisotopic (exact) mass is 339 g/mol. The fourth-order valence-electron chi connectivity index (χ4n) is 2.32. The van der Waals surface area contributed by atoms with Crippen LogP contribution < -0.4 is 10.6 Å². The Labute approximate surface area is 144 Å². The van der Waals surface area contributed by atoms with Gasteiger partial charge in [-0.3, -0.25) is 4.79 Å². The third kappa shape index (κ3) is 4.36. The van der Waals surface area contributed by atoms with Gasteiger partial charge >= 0.3 is 0 Å². The average molecular weight is 339 g/mol. The Kier molecular flexibility index (Phi) is 4.81. The lowest BCUT2D eigenvalue weighted by Crippen LogP contribution is -2.14. The predicted molar refractivity (Wildman–Crippen MR) is 95.7 cm³/mol. The molecule has 0 radical (unpaired) electrons. The van der Waals surface area contributed by atoms with Crippen LogP contribution in [0.3, 0.4) is 0 Å². The van der Waals surface area contributed by atoms with E-state index in [4.69, 9.17) is 0 Å². The van der Waals surface area contributed by atoms with Crippen molar-refractivity contribution >= 4 is 34.0 Å². The van der Waals surface area contributed by atoms with Gasteiger partial charge in [0.15, 0.2) is 5.13 Å². The molecule has 0 aliphatic rings. The Morgan fingerprint density at radius 3 is 2.54 bits per heavy atom. The van der Waals surface area contributed by atoms with Crippen molar-refractivity contribution < 1.29 is 4.79 Å². The van der Waals surface area contributed by atoms with Gasteiger partial charge in [0, 0.05) is 23.5 Å². The van der Waals surface area contributed by atoms with Gasteiger partial charge in [0.25, 0.3) is 0 Å². The number of amides is 1. The molecule has 0 atom stereocenters. The summed E-state index contributed by atoms with van der Waals surface area (Å²) in [6.07, 6.45) is 3.53. The molecule has 0 fully saturated rings. The van der Waals surface area contributed by atoms with Crippen molar-refractivity contribution in [1.29, 1.82) is 0 Å². The second-order valence-corrected chi connectivity index (χ2v) is 6.30. The summed E-state index contributed by atoms with van der Waals surface area (Å²) in [6.45, 7) is 4.01. The number of carbonyl (C=O) groups excluding carboxylic acids is 1. The highest BCUT2D eigenvalue weighted by Gasteiger charge is 2.09. The third-order valence-electron chi connectivity index (χ3n) is 3.18. The van der Waals surface area contributed by atoms with Crippen LogP contribution in [-0.4, -0.2) is 20.9 Å². The second-order valence-electron chi connectivity index (χ2n) is 5.44. The molecule has 1 amide bonds. The fourth-order valence-corrected chi connectivity index (χ4v) is 3.03. The van der Waals surface area contributed by atoms with Gasteiger partial charge in [0.05, 0.1) is 12.1 Å². The lowest BCUT2D eigenvalue weighted by atomic mass is 10.1. The minimum absolute atomic E-state index is 0.0900. The SMILES string of the molecule is Cc1cc(C)cc(NC(=O)Cc2csc(Nc3ncccn3)n2)c1. The number of nitrogens with zero attached hydrogens (tertiary/aromatic N) is 3. The van der Waals surface area contributed by atoms with Crippen molar-refractivity contribution in [3.63, 3.8) is 0 Å². The molecule has 0 spiro atoms. The minimum atomic E-state index is -0.0900. The van der Waals surface area contributed by atoms with E-state index in [9.17, 15) is 4.79 Å². The van der Waals surface area contributed by atoms with E-state index in [0.29, 0.717) is 16.8 Å². The first kappa shape index (κ1) is 16.1. The van der Waals surface area contributed by atoms with Crippen LogP contribution in [-0.2, 0) is 11.2 Å². The Balaban J connectivity index is 1.61.